The smallest absolute Gasteiger partial charge is 0.162 e. The number of hydrogen-bond donors (Lipinski definition) is 0. The van der Waals surface area contributed by atoms with Gasteiger partial charge in [0.15, 0.2) is 23.0 Å². The summed E-state index contributed by atoms with van der Waals surface area (Å²) in [6.45, 7) is 0. The van der Waals surface area contributed by atoms with Gasteiger partial charge in [0.05, 0.1) is 39.5 Å². The molecule has 0 saturated heterocycles. The maximum atomic E-state index is 5.34. The lowest BCUT2D eigenvalue weighted by molar-refractivity contribution is 0.355. The quantitative estimate of drug-likeness (QED) is 0.691. The molecule has 3 rings (SSSR count). The zero-order valence-corrected chi connectivity index (χ0v) is 13.0. The molecule has 0 aliphatic heterocycles. The molecule has 2 aromatic carbocycles. The van der Waals surface area contributed by atoms with Gasteiger partial charge >= 0.3 is 0 Å². The SMILES string of the molecule is COc1cc2cc3cc(OC)c(OC)cc3nc2cc1OC. The van der Waals surface area contributed by atoms with Crippen molar-refractivity contribution in [3.63, 3.8) is 0 Å². The zero-order chi connectivity index (χ0) is 15.7. The lowest BCUT2D eigenvalue weighted by Crippen LogP contribution is -1.94. The molecular weight excluding hydrogens is 282 g/mol. The van der Waals surface area contributed by atoms with Crippen LogP contribution in [0.1, 0.15) is 0 Å². The van der Waals surface area contributed by atoms with Crippen molar-refractivity contribution < 1.29 is 18.9 Å². The van der Waals surface area contributed by atoms with Gasteiger partial charge in [-0.25, -0.2) is 4.98 Å². The maximum absolute atomic E-state index is 5.34. The molecule has 0 unspecified atom stereocenters. The molecule has 0 aliphatic rings. The Balaban J connectivity index is 2.30. The van der Waals surface area contributed by atoms with Crippen LogP contribution in [0.4, 0.5) is 0 Å². The van der Waals surface area contributed by atoms with Crippen molar-refractivity contribution in [2.24, 2.45) is 0 Å². The fourth-order valence-electron chi connectivity index (χ4n) is 2.49. The van der Waals surface area contributed by atoms with E-state index in [4.69, 9.17) is 18.9 Å². The van der Waals surface area contributed by atoms with E-state index >= 15 is 0 Å². The second-order valence-corrected chi connectivity index (χ2v) is 4.79. The molecule has 0 spiro atoms. The van der Waals surface area contributed by atoms with Crippen molar-refractivity contribution in [2.75, 3.05) is 28.4 Å². The first-order valence-corrected chi connectivity index (χ1v) is 6.78. The maximum Gasteiger partial charge on any atom is 0.162 e. The number of hydrogen-bond acceptors (Lipinski definition) is 5. The molecule has 0 atom stereocenters. The summed E-state index contributed by atoms with van der Waals surface area (Å²) in [5, 5.41) is 1.94. The largest absolute Gasteiger partial charge is 0.493 e. The highest BCUT2D eigenvalue weighted by Gasteiger charge is 2.11. The lowest BCUT2D eigenvalue weighted by Gasteiger charge is -2.11. The lowest BCUT2D eigenvalue weighted by atomic mass is 10.1. The summed E-state index contributed by atoms with van der Waals surface area (Å²) in [4.78, 5) is 4.67. The van der Waals surface area contributed by atoms with Gasteiger partial charge in [0.2, 0.25) is 0 Å². The fraction of sp³-hybridized carbons (Fsp3) is 0.235. The molecule has 1 heterocycles. The third kappa shape index (κ3) is 2.24. The van der Waals surface area contributed by atoms with E-state index in [-0.39, 0.29) is 0 Å². The summed E-state index contributed by atoms with van der Waals surface area (Å²) in [6.07, 6.45) is 0. The Bertz CT molecular complexity index is 708. The van der Waals surface area contributed by atoms with Gasteiger partial charge in [-0.3, -0.25) is 0 Å². The second kappa shape index (κ2) is 5.60. The number of ether oxygens (including phenoxy) is 4. The van der Waals surface area contributed by atoms with Crippen LogP contribution in [-0.2, 0) is 0 Å². The normalized spacial score (nSPS) is 10.7. The molecule has 0 fully saturated rings. The Morgan fingerprint density at radius 2 is 0.909 bits per heavy atom. The second-order valence-electron chi connectivity index (χ2n) is 4.79. The first kappa shape index (κ1) is 14.3. The standard InChI is InChI=1S/C17H17NO4/c1-19-14-6-10-5-11-7-15(20-2)17(22-4)9-13(11)18-12(10)8-16(14)21-3/h5-9H,1-4H3. The van der Waals surface area contributed by atoms with Gasteiger partial charge in [0, 0.05) is 22.9 Å². The topological polar surface area (TPSA) is 49.8 Å². The van der Waals surface area contributed by atoms with Crippen LogP contribution >= 0.6 is 0 Å². The highest BCUT2D eigenvalue weighted by atomic mass is 16.5. The van der Waals surface area contributed by atoms with Crippen LogP contribution in [0, 0.1) is 0 Å². The van der Waals surface area contributed by atoms with Crippen molar-refractivity contribution in [3.8, 4) is 23.0 Å². The van der Waals surface area contributed by atoms with E-state index in [2.05, 4.69) is 4.98 Å². The highest BCUT2D eigenvalue weighted by Crippen LogP contribution is 2.36. The van der Waals surface area contributed by atoms with Gasteiger partial charge in [-0.05, 0) is 18.2 Å². The Labute approximate surface area is 128 Å². The average molecular weight is 299 g/mol. The summed E-state index contributed by atoms with van der Waals surface area (Å²) >= 11 is 0. The molecule has 5 nitrogen and oxygen atoms in total. The Morgan fingerprint density at radius 3 is 1.27 bits per heavy atom. The molecule has 0 bridgehead atoms. The van der Waals surface area contributed by atoms with Crippen molar-refractivity contribution in [3.05, 3.63) is 30.3 Å². The molecule has 1 aromatic heterocycles. The molecule has 0 amide bonds. The van der Waals surface area contributed by atoms with E-state index in [0.717, 1.165) is 21.8 Å². The van der Waals surface area contributed by atoms with Crippen LogP contribution in [0.3, 0.4) is 0 Å². The van der Waals surface area contributed by atoms with E-state index in [9.17, 15) is 0 Å². The summed E-state index contributed by atoms with van der Waals surface area (Å²) < 4.78 is 21.3. The first-order valence-electron chi connectivity index (χ1n) is 6.78. The van der Waals surface area contributed by atoms with E-state index in [0.29, 0.717) is 23.0 Å². The van der Waals surface area contributed by atoms with Crippen molar-refractivity contribution in [2.45, 2.75) is 0 Å². The minimum absolute atomic E-state index is 0.655. The Hall–Kier alpha value is -2.69. The molecule has 0 radical (unpaired) electrons. The summed E-state index contributed by atoms with van der Waals surface area (Å²) in [7, 11) is 6.45. The number of nitrogens with zero attached hydrogens (tertiary/aromatic N) is 1. The number of rotatable bonds is 4. The molecular formula is C17H17NO4. The van der Waals surface area contributed by atoms with Crippen LogP contribution in [-0.4, -0.2) is 33.4 Å². The van der Waals surface area contributed by atoms with E-state index in [1.807, 2.05) is 30.3 Å². The number of aromatic nitrogens is 1. The third-order valence-electron chi connectivity index (χ3n) is 3.62. The Kier molecular flexibility index (Phi) is 3.63. The van der Waals surface area contributed by atoms with Gasteiger partial charge < -0.3 is 18.9 Å². The fourth-order valence-corrected chi connectivity index (χ4v) is 2.49. The summed E-state index contributed by atoms with van der Waals surface area (Å²) in [5.41, 5.74) is 1.66. The minimum atomic E-state index is 0.655. The van der Waals surface area contributed by atoms with Crippen LogP contribution < -0.4 is 18.9 Å². The summed E-state index contributed by atoms with van der Waals surface area (Å²) in [6, 6.07) is 9.60. The molecule has 3 aromatic rings. The minimum Gasteiger partial charge on any atom is -0.493 e. The number of pyridine rings is 1. The molecule has 0 N–H and O–H groups in total. The molecule has 0 aliphatic carbocycles. The predicted molar refractivity (Wildman–Crippen MR) is 85.5 cm³/mol. The van der Waals surface area contributed by atoms with Gasteiger partial charge in [0.1, 0.15) is 0 Å². The van der Waals surface area contributed by atoms with Crippen molar-refractivity contribution in [1.29, 1.82) is 0 Å². The summed E-state index contributed by atoms with van der Waals surface area (Å²) in [5.74, 6) is 2.66. The van der Waals surface area contributed by atoms with E-state index in [1.165, 1.54) is 0 Å². The first-order chi connectivity index (χ1) is 10.7. The zero-order valence-electron chi connectivity index (χ0n) is 13.0. The van der Waals surface area contributed by atoms with E-state index < -0.39 is 0 Å². The molecule has 114 valence electrons. The van der Waals surface area contributed by atoms with Gasteiger partial charge in [-0.1, -0.05) is 0 Å². The van der Waals surface area contributed by atoms with Gasteiger partial charge in [-0.2, -0.15) is 0 Å². The van der Waals surface area contributed by atoms with Crippen molar-refractivity contribution >= 4 is 21.8 Å². The van der Waals surface area contributed by atoms with E-state index in [1.54, 1.807) is 28.4 Å². The molecule has 0 saturated carbocycles. The number of fused-ring (bicyclic) bond motifs is 2. The predicted octanol–water partition coefficient (Wildman–Crippen LogP) is 3.42. The Morgan fingerprint density at radius 1 is 0.545 bits per heavy atom. The number of benzene rings is 2. The number of methoxy groups -OCH3 is 4. The molecule has 22 heavy (non-hydrogen) atoms. The van der Waals surface area contributed by atoms with Crippen LogP contribution in [0.5, 0.6) is 23.0 Å². The monoisotopic (exact) mass is 299 g/mol. The highest BCUT2D eigenvalue weighted by molar-refractivity contribution is 5.95. The van der Waals surface area contributed by atoms with Gasteiger partial charge in [0.25, 0.3) is 0 Å². The third-order valence-corrected chi connectivity index (χ3v) is 3.62. The van der Waals surface area contributed by atoms with Crippen LogP contribution in [0.2, 0.25) is 0 Å². The molecule has 5 heteroatoms. The van der Waals surface area contributed by atoms with Crippen molar-refractivity contribution in [1.82, 2.24) is 4.98 Å². The average Bonchev–Trinajstić information content (AvgIpc) is 2.57. The van der Waals surface area contributed by atoms with Gasteiger partial charge in [-0.15, -0.1) is 0 Å². The van der Waals surface area contributed by atoms with Crippen LogP contribution in [0.15, 0.2) is 30.3 Å². The van der Waals surface area contributed by atoms with Crippen LogP contribution in [0.25, 0.3) is 21.8 Å².